The van der Waals surface area contributed by atoms with Gasteiger partial charge in [-0.1, -0.05) is 31.4 Å². The lowest BCUT2D eigenvalue weighted by Crippen LogP contribution is -2.45. The molecule has 1 aliphatic rings. The van der Waals surface area contributed by atoms with E-state index in [1.54, 1.807) is 12.1 Å². The molecule has 0 saturated heterocycles. The van der Waals surface area contributed by atoms with Gasteiger partial charge in [0.25, 0.3) is 0 Å². The fourth-order valence-electron chi connectivity index (χ4n) is 2.84. The summed E-state index contributed by atoms with van der Waals surface area (Å²) in [5, 5.41) is 13.8. The molecule has 1 aromatic carbocycles. The van der Waals surface area contributed by atoms with Gasteiger partial charge in [0.1, 0.15) is 5.82 Å². The van der Waals surface area contributed by atoms with Crippen molar-refractivity contribution in [3.05, 3.63) is 35.6 Å². The van der Waals surface area contributed by atoms with Crippen molar-refractivity contribution >= 4 is 0 Å². The molecular weight excluding hydrogens is 241 g/mol. The Kier molecular flexibility index (Phi) is 4.94. The molecule has 0 aromatic heterocycles. The lowest BCUT2D eigenvalue weighted by Gasteiger charge is -2.33. The summed E-state index contributed by atoms with van der Waals surface area (Å²) in [6.07, 6.45) is 6.06. The van der Waals surface area contributed by atoms with Crippen LogP contribution in [0, 0.1) is 5.82 Å². The fourth-order valence-corrected chi connectivity index (χ4v) is 2.84. The fraction of sp³-hybridized carbons (Fsp3) is 0.625. The molecule has 0 amide bonds. The molecule has 1 fully saturated rings. The highest BCUT2D eigenvalue weighted by molar-refractivity contribution is 5.17. The van der Waals surface area contributed by atoms with Gasteiger partial charge in [-0.2, -0.15) is 0 Å². The minimum absolute atomic E-state index is 0.185. The second kappa shape index (κ2) is 6.49. The Bertz CT molecular complexity index is 401. The van der Waals surface area contributed by atoms with E-state index in [1.165, 1.54) is 12.5 Å². The third-order valence-corrected chi connectivity index (χ3v) is 3.99. The van der Waals surface area contributed by atoms with Gasteiger partial charge < -0.3 is 10.4 Å². The van der Waals surface area contributed by atoms with Crippen LogP contribution in [0.1, 0.15) is 44.6 Å². The van der Waals surface area contributed by atoms with Crippen molar-refractivity contribution in [2.45, 2.75) is 57.1 Å². The maximum atomic E-state index is 13.1. The topological polar surface area (TPSA) is 32.3 Å². The van der Waals surface area contributed by atoms with Crippen LogP contribution < -0.4 is 5.32 Å². The number of halogens is 1. The van der Waals surface area contributed by atoms with E-state index in [0.29, 0.717) is 6.54 Å². The zero-order valence-corrected chi connectivity index (χ0v) is 11.7. The Morgan fingerprint density at radius 1 is 1.32 bits per heavy atom. The van der Waals surface area contributed by atoms with Crippen LogP contribution in [0.5, 0.6) is 0 Å². The van der Waals surface area contributed by atoms with Crippen LogP contribution >= 0.6 is 0 Å². The molecule has 0 aliphatic heterocycles. The highest BCUT2D eigenvalue weighted by Crippen LogP contribution is 2.27. The van der Waals surface area contributed by atoms with Crippen molar-refractivity contribution in [3.63, 3.8) is 0 Å². The second-order valence-corrected chi connectivity index (χ2v) is 5.90. The van der Waals surface area contributed by atoms with Gasteiger partial charge in [0, 0.05) is 12.6 Å². The van der Waals surface area contributed by atoms with Gasteiger partial charge in [0.2, 0.25) is 0 Å². The van der Waals surface area contributed by atoms with Gasteiger partial charge >= 0.3 is 0 Å². The monoisotopic (exact) mass is 265 g/mol. The van der Waals surface area contributed by atoms with Gasteiger partial charge in [-0.15, -0.1) is 0 Å². The smallest absolute Gasteiger partial charge is 0.123 e. The summed E-state index contributed by atoms with van der Waals surface area (Å²) in [6, 6.07) is 6.97. The third kappa shape index (κ3) is 4.59. The number of hydrogen-bond acceptors (Lipinski definition) is 2. The Balaban J connectivity index is 1.79. The quantitative estimate of drug-likeness (QED) is 0.857. The molecule has 0 bridgehead atoms. The molecular formula is C16H24FNO. The SMILES string of the molecule is CC(Cc1cccc(F)c1)NCC1(O)CCCCC1. The molecule has 0 heterocycles. The van der Waals surface area contributed by atoms with Crippen molar-refractivity contribution < 1.29 is 9.50 Å². The summed E-state index contributed by atoms with van der Waals surface area (Å²) in [5.41, 5.74) is 0.463. The predicted octanol–water partition coefficient (Wildman–Crippen LogP) is 3.04. The predicted molar refractivity (Wildman–Crippen MR) is 75.6 cm³/mol. The standard InChI is InChI=1S/C16H24FNO/c1-13(10-14-6-5-7-15(17)11-14)18-12-16(19)8-3-2-4-9-16/h5-7,11,13,18-19H,2-4,8-10,12H2,1H3. The van der Waals surface area contributed by atoms with Crippen molar-refractivity contribution in [1.82, 2.24) is 5.32 Å². The van der Waals surface area contributed by atoms with E-state index in [-0.39, 0.29) is 11.9 Å². The van der Waals surface area contributed by atoms with E-state index >= 15 is 0 Å². The maximum Gasteiger partial charge on any atom is 0.123 e. The van der Waals surface area contributed by atoms with Crippen LogP contribution in [0.4, 0.5) is 4.39 Å². The van der Waals surface area contributed by atoms with Gasteiger partial charge in [0.15, 0.2) is 0 Å². The van der Waals surface area contributed by atoms with Crippen LogP contribution in [0.15, 0.2) is 24.3 Å². The molecule has 19 heavy (non-hydrogen) atoms. The van der Waals surface area contributed by atoms with Gasteiger partial charge in [-0.3, -0.25) is 0 Å². The summed E-state index contributed by atoms with van der Waals surface area (Å²) in [4.78, 5) is 0. The van der Waals surface area contributed by atoms with Crippen LogP contribution in [0.3, 0.4) is 0 Å². The molecule has 1 saturated carbocycles. The molecule has 1 atom stereocenters. The summed E-state index contributed by atoms with van der Waals surface area (Å²) in [6.45, 7) is 2.72. The first-order chi connectivity index (χ1) is 9.07. The largest absolute Gasteiger partial charge is 0.389 e. The first kappa shape index (κ1) is 14.5. The summed E-state index contributed by atoms with van der Waals surface area (Å²) < 4.78 is 13.1. The molecule has 1 aromatic rings. The normalized spacial score (nSPS) is 20.2. The van der Waals surface area contributed by atoms with Crippen LogP contribution in [-0.2, 0) is 6.42 Å². The second-order valence-electron chi connectivity index (χ2n) is 5.90. The lowest BCUT2D eigenvalue weighted by atomic mass is 9.84. The summed E-state index contributed by atoms with van der Waals surface area (Å²) in [5.74, 6) is -0.185. The average molecular weight is 265 g/mol. The van der Waals surface area contributed by atoms with E-state index in [4.69, 9.17) is 0 Å². The Morgan fingerprint density at radius 3 is 2.74 bits per heavy atom. The summed E-state index contributed by atoms with van der Waals surface area (Å²) >= 11 is 0. The maximum absolute atomic E-state index is 13.1. The number of benzene rings is 1. The number of aliphatic hydroxyl groups is 1. The molecule has 2 rings (SSSR count). The van der Waals surface area contributed by atoms with E-state index in [2.05, 4.69) is 12.2 Å². The number of rotatable bonds is 5. The van der Waals surface area contributed by atoms with E-state index in [0.717, 1.165) is 37.7 Å². The van der Waals surface area contributed by atoms with Crippen LogP contribution in [0.25, 0.3) is 0 Å². The van der Waals surface area contributed by atoms with Gasteiger partial charge in [0.05, 0.1) is 5.60 Å². The Hall–Kier alpha value is -0.930. The molecule has 1 unspecified atom stereocenters. The van der Waals surface area contributed by atoms with Crippen molar-refractivity contribution in [1.29, 1.82) is 0 Å². The third-order valence-electron chi connectivity index (χ3n) is 3.99. The van der Waals surface area contributed by atoms with Crippen molar-refractivity contribution in [2.75, 3.05) is 6.54 Å². The lowest BCUT2D eigenvalue weighted by molar-refractivity contribution is 0.00305. The van der Waals surface area contributed by atoms with Gasteiger partial charge in [-0.25, -0.2) is 4.39 Å². The molecule has 0 spiro atoms. The van der Waals surface area contributed by atoms with Gasteiger partial charge in [-0.05, 0) is 43.9 Å². The van der Waals surface area contributed by atoms with E-state index < -0.39 is 5.60 Å². The number of nitrogens with one attached hydrogen (secondary N) is 1. The molecule has 2 nitrogen and oxygen atoms in total. The van der Waals surface area contributed by atoms with Crippen LogP contribution in [0.2, 0.25) is 0 Å². The Labute approximate surface area is 115 Å². The number of hydrogen-bond donors (Lipinski definition) is 2. The van der Waals surface area contributed by atoms with Crippen molar-refractivity contribution in [2.24, 2.45) is 0 Å². The van der Waals surface area contributed by atoms with Crippen LogP contribution in [-0.4, -0.2) is 23.3 Å². The first-order valence-electron chi connectivity index (χ1n) is 7.28. The van der Waals surface area contributed by atoms with E-state index in [1.807, 2.05) is 6.07 Å². The molecule has 2 N–H and O–H groups in total. The minimum Gasteiger partial charge on any atom is -0.389 e. The molecule has 0 radical (unpaired) electrons. The zero-order chi connectivity index (χ0) is 13.7. The van der Waals surface area contributed by atoms with Crippen molar-refractivity contribution in [3.8, 4) is 0 Å². The zero-order valence-electron chi connectivity index (χ0n) is 11.7. The molecule has 106 valence electrons. The first-order valence-corrected chi connectivity index (χ1v) is 7.28. The highest BCUT2D eigenvalue weighted by Gasteiger charge is 2.28. The Morgan fingerprint density at radius 2 is 2.05 bits per heavy atom. The van der Waals surface area contributed by atoms with E-state index in [9.17, 15) is 9.50 Å². The average Bonchev–Trinajstić information content (AvgIpc) is 2.38. The summed E-state index contributed by atoms with van der Waals surface area (Å²) in [7, 11) is 0. The molecule has 1 aliphatic carbocycles. The molecule has 3 heteroatoms. The minimum atomic E-state index is -0.533. The highest BCUT2D eigenvalue weighted by atomic mass is 19.1.